The zero-order valence-corrected chi connectivity index (χ0v) is 9.98. The van der Waals surface area contributed by atoms with Gasteiger partial charge in [0.25, 0.3) is 0 Å². The minimum absolute atomic E-state index is 0.0672. The first-order valence-electron chi connectivity index (χ1n) is 5.32. The zero-order chi connectivity index (χ0) is 11.0. The van der Waals surface area contributed by atoms with Gasteiger partial charge >= 0.3 is 0 Å². The number of rotatable bonds is 1. The van der Waals surface area contributed by atoms with E-state index in [-0.39, 0.29) is 17.0 Å². The van der Waals surface area contributed by atoms with Crippen LogP contribution in [0.25, 0.3) is 0 Å². The number of hydrogen-bond acceptors (Lipinski definition) is 2. The Bertz CT molecular complexity index is 232. The van der Waals surface area contributed by atoms with Gasteiger partial charge in [0, 0.05) is 12.6 Å². The van der Waals surface area contributed by atoms with Crippen molar-refractivity contribution in [2.24, 2.45) is 0 Å². The number of likely N-dealkylation sites (tertiary alicyclic amines) is 1. The summed E-state index contributed by atoms with van der Waals surface area (Å²) in [4.78, 5) is 14.1. The van der Waals surface area contributed by atoms with E-state index < -0.39 is 0 Å². The Morgan fingerprint density at radius 1 is 1.43 bits per heavy atom. The van der Waals surface area contributed by atoms with Gasteiger partial charge in [-0.2, -0.15) is 0 Å². The van der Waals surface area contributed by atoms with E-state index >= 15 is 0 Å². The Balaban J connectivity index is 2.92. The molecule has 0 aromatic rings. The predicted molar refractivity (Wildman–Crippen MR) is 58.2 cm³/mol. The lowest BCUT2D eigenvalue weighted by Gasteiger charge is -2.42. The lowest BCUT2D eigenvalue weighted by molar-refractivity contribution is -0.133. The largest absolute Gasteiger partial charge is 0.358 e. The lowest BCUT2D eigenvalue weighted by Crippen LogP contribution is -2.58. The van der Waals surface area contributed by atoms with Gasteiger partial charge < -0.3 is 5.32 Å². The normalized spacial score (nSPS) is 29.2. The topological polar surface area (TPSA) is 32.3 Å². The third-order valence-corrected chi connectivity index (χ3v) is 3.17. The van der Waals surface area contributed by atoms with E-state index in [9.17, 15) is 4.79 Å². The molecule has 1 rings (SSSR count). The molecular formula is C11H22N2O. The number of likely N-dealkylation sites (N-methyl/N-ethyl adjacent to an activating group) is 1. The Labute approximate surface area is 86.9 Å². The number of carbonyl (C=O) groups is 1. The van der Waals surface area contributed by atoms with Crippen LogP contribution in [0.1, 0.15) is 40.5 Å². The highest BCUT2D eigenvalue weighted by molar-refractivity contribution is 5.86. The van der Waals surface area contributed by atoms with E-state index in [0.29, 0.717) is 0 Å². The van der Waals surface area contributed by atoms with Crippen molar-refractivity contribution < 1.29 is 4.79 Å². The molecule has 3 nitrogen and oxygen atoms in total. The summed E-state index contributed by atoms with van der Waals surface area (Å²) in [5.41, 5.74) is -0.245. The van der Waals surface area contributed by atoms with E-state index in [2.05, 4.69) is 31.0 Å². The first kappa shape index (κ1) is 11.5. The fourth-order valence-corrected chi connectivity index (χ4v) is 2.54. The van der Waals surface area contributed by atoms with Gasteiger partial charge in [0.05, 0.1) is 5.54 Å². The molecule has 0 spiro atoms. The summed E-state index contributed by atoms with van der Waals surface area (Å²) in [6.45, 7) is 9.57. The van der Waals surface area contributed by atoms with Crippen LogP contribution in [0.15, 0.2) is 0 Å². The van der Waals surface area contributed by atoms with Crippen molar-refractivity contribution in [2.75, 3.05) is 13.6 Å². The molecule has 1 fully saturated rings. The standard InChI is InChI=1S/C11H22N2O/c1-10(2,3)13-8-6-7-11(13,4)9(14)12-5/h6-8H2,1-5H3,(H,12,14). The molecule has 1 N–H and O–H groups in total. The van der Waals surface area contributed by atoms with Crippen LogP contribution < -0.4 is 5.32 Å². The van der Waals surface area contributed by atoms with E-state index in [0.717, 1.165) is 19.4 Å². The minimum atomic E-state index is -0.312. The summed E-state index contributed by atoms with van der Waals surface area (Å²) < 4.78 is 0. The van der Waals surface area contributed by atoms with E-state index in [1.54, 1.807) is 7.05 Å². The Morgan fingerprint density at radius 2 is 2.00 bits per heavy atom. The van der Waals surface area contributed by atoms with Crippen LogP contribution >= 0.6 is 0 Å². The maximum atomic E-state index is 11.8. The molecule has 1 atom stereocenters. The van der Waals surface area contributed by atoms with Crippen LogP contribution in [0.4, 0.5) is 0 Å². The molecule has 0 bridgehead atoms. The molecule has 0 aliphatic carbocycles. The summed E-state index contributed by atoms with van der Waals surface area (Å²) in [7, 11) is 1.72. The second-order valence-corrected chi connectivity index (χ2v) is 5.28. The minimum Gasteiger partial charge on any atom is -0.358 e. The summed E-state index contributed by atoms with van der Waals surface area (Å²) >= 11 is 0. The van der Waals surface area contributed by atoms with Gasteiger partial charge in [0.2, 0.25) is 5.91 Å². The van der Waals surface area contributed by atoms with Crippen molar-refractivity contribution in [1.82, 2.24) is 10.2 Å². The Kier molecular flexibility index (Phi) is 2.91. The molecule has 3 heteroatoms. The SMILES string of the molecule is CNC(=O)C1(C)CCCN1C(C)(C)C. The Hall–Kier alpha value is -0.570. The average molecular weight is 198 g/mol. The van der Waals surface area contributed by atoms with Gasteiger partial charge in [-0.3, -0.25) is 9.69 Å². The molecule has 1 unspecified atom stereocenters. The smallest absolute Gasteiger partial charge is 0.240 e. The third kappa shape index (κ3) is 1.78. The van der Waals surface area contributed by atoms with Gasteiger partial charge in [-0.15, -0.1) is 0 Å². The molecule has 0 aromatic heterocycles. The molecule has 0 saturated carbocycles. The fraction of sp³-hybridized carbons (Fsp3) is 0.909. The first-order chi connectivity index (χ1) is 6.32. The average Bonchev–Trinajstić information content (AvgIpc) is 2.46. The molecule has 0 aromatic carbocycles. The second kappa shape index (κ2) is 3.54. The lowest BCUT2D eigenvalue weighted by atomic mass is 9.93. The predicted octanol–water partition coefficient (Wildman–Crippen LogP) is 1.39. The molecule has 0 radical (unpaired) electrons. The highest BCUT2D eigenvalue weighted by atomic mass is 16.2. The maximum Gasteiger partial charge on any atom is 0.240 e. The first-order valence-corrected chi connectivity index (χ1v) is 5.32. The van der Waals surface area contributed by atoms with Gasteiger partial charge in [0.1, 0.15) is 0 Å². The van der Waals surface area contributed by atoms with Crippen LogP contribution in [-0.2, 0) is 4.79 Å². The molecule has 1 aliphatic rings. The zero-order valence-electron chi connectivity index (χ0n) is 9.98. The third-order valence-electron chi connectivity index (χ3n) is 3.17. The van der Waals surface area contributed by atoms with E-state index in [4.69, 9.17) is 0 Å². The summed E-state index contributed by atoms with van der Waals surface area (Å²) in [5.74, 6) is 0.143. The van der Waals surface area contributed by atoms with Gasteiger partial charge in [-0.05, 0) is 47.1 Å². The van der Waals surface area contributed by atoms with Crippen LogP contribution in [0, 0.1) is 0 Å². The maximum absolute atomic E-state index is 11.8. The second-order valence-electron chi connectivity index (χ2n) is 5.28. The van der Waals surface area contributed by atoms with Crippen LogP contribution in [0.2, 0.25) is 0 Å². The molecular weight excluding hydrogens is 176 g/mol. The quantitative estimate of drug-likeness (QED) is 0.690. The molecule has 1 amide bonds. The summed E-state index contributed by atoms with van der Waals surface area (Å²) in [6.07, 6.45) is 2.07. The highest BCUT2D eigenvalue weighted by Crippen LogP contribution is 2.35. The summed E-state index contributed by atoms with van der Waals surface area (Å²) in [6, 6.07) is 0. The van der Waals surface area contributed by atoms with E-state index in [1.807, 2.05) is 6.92 Å². The Morgan fingerprint density at radius 3 is 2.43 bits per heavy atom. The van der Waals surface area contributed by atoms with Gasteiger partial charge in [-0.1, -0.05) is 0 Å². The number of amides is 1. The molecule has 1 heterocycles. The highest BCUT2D eigenvalue weighted by Gasteiger charge is 2.46. The van der Waals surface area contributed by atoms with Crippen molar-refractivity contribution >= 4 is 5.91 Å². The number of hydrogen-bond donors (Lipinski definition) is 1. The van der Waals surface area contributed by atoms with Gasteiger partial charge in [-0.25, -0.2) is 0 Å². The van der Waals surface area contributed by atoms with Crippen molar-refractivity contribution in [3.63, 3.8) is 0 Å². The van der Waals surface area contributed by atoms with Crippen molar-refractivity contribution in [3.05, 3.63) is 0 Å². The number of carbonyl (C=O) groups excluding carboxylic acids is 1. The van der Waals surface area contributed by atoms with Crippen LogP contribution in [0.5, 0.6) is 0 Å². The van der Waals surface area contributed by atoms with Crippen molar-refractivity contribution in [2.45, 2.75) is 51.6 Å². The van der Waals surface area contributed by atoms with Gasteiger partial charge in [0.15, 0.2) is 0 Å². The van der Waals surface area contributed by atoms with Crippen LogP contribution in [-0.4, -0.2) is 35.5 Å². The van der Waals surface area contributed by atoms with E-state index in [1.165, 1.54) is 0 Å². The van der Waals surface area contributed by atoms with Crippen molar-refractivity contribution in [1.29, 1.82) is 0 Å². The molecule has 1 aliphatic heterocycles. The van der Waals surface area contributed by atoms with Crippen molar-refractivity contribution in [3.8, 4) is 0 Å². The molecule has 1 saturated heterocycles. The molecule has 14 heavy (non-hydrogen) atoms. The number of nitrogens with zero attached hydrogens (tertiary/aromatic N) is 1. The number of nitrogens with one attached hydrogen (secondary N) is 1. The van der Waals surface area contributed by atoms with Crippen LogP contribution in [0.3, 0.4) is 0 Å². The molecule has 82 valence electrons. The summed E-state index contributed by atoms with van der Waals surface area (Å²) in [5, 5.41) is 2.77. The monoisotopic (exact) mass is 198 g/mol. The fourth-order valence-electron chi connectivity index (χ4n) is 2.54.